The van der Waals surface area contributed by atoms with Crippen LogP contribution in [0.25, 0.3) is 0 Å². The van der Waals surface area contributed by atoms with Gasteiger partial charge in [-0.1, -0.05) is 48.5 Å². The van der Waals surface area contributed by atoms with E-state index in [0.717, 1.165) is 23.5 Å². The molecular formula is C21H22N3+. The van der Waals surface area contributed by atoms with Crippen molar-refractivity contribution in [2.75, 3.05) is 5.01 Å². The number of anilines is 1. The van der Waals surface area contributed by atoms with Crippen LogP contribution < -0.4 is 9.58 Å². The second-order valence-corrected chi connectivity index (χ2v) is 5.82. The molecule has 0 aliphatic carbocycles. The summed E-state index contributed by atoms with van der Waals surface area (Å²) in [6.07, 6.45) is 4.08. The summed E-state index contributed by atoms with van der Waals surface area (Å²) in [5, 5.41) is 6.94. The van der Waals surface area contributed by atoms with Gasteiger partial charge in [0.25, 0.3) is 0 Å². The maximum atomic E-state index is 4.88. The SMILES string of the molecule is CC(=NN(Cc1ccccc1)c1ccccc1)c1cc[n+](C)cc1. The van der Waals surface area contributed by atoms with E-state index in [1.165, 1.54) is 5.56 Å². The maximum absolute atomic E-state index is 4.88. The van der Waals surface area contributed by atoms with Gasteiger partial charge < -0.3 is 0 Å². The molecule has 120 valence electrons. The molecule has 3 nitrogen and oxygen atoms in total. The van der Waals surface area contributed by atoms with E-state index in [1.807, 2.05) is 48.3 Å². The molecule has 3 heteroatoms. The van der Waals surface area contributed by atoms with Crippen molar-refractivity contribution in [2.45, 2.75) is 13.5 Å². The molecule has 0 fully saturated rings. The van der Waals surface area contributed by atoms with Crippen molar-refractivity contribution in [2.24, 2.45) is 12.1 Å². The van der Waals surface area contributed by atoms with E-state index in [1.54, 1.807) is 0 Å². The van der Waals surface area contributed by atoms with Gasteiger partial charge >= 0.3 is 0 Å². The van der Waals surface area contributed by atoms with Gasteiger partial charge in [0.2, 0.25) is 0 Å². The van der Waals surface area contributed by atoms with Gasteiger partial charge in [-0.05, 0) is 24.6 Å². The molecule has 0 N–H and O–H groups in total. The van der Waals surface area contributed by atoms with Gasteiger partial charge in [-0.25, -0.2) is 4.57 Å². The Bertz CT molecular complexity index is 794. The molecule has 1 aromatic heterocycles. The third-order valence-corrected chi connectivity index (χ3v) is 3.90. The Morgan fingerprint density at radius 3 is 2.08 bits per heavy atom. The van der Waals surface area contributed by atoms with Crippen LogP contribution in [-0.4, -0.2) is 5.71 Å². The lowest BCUT2D eigenvalue weighted by molar-refractivity contribution is -0.671. The number of hydrogen-bond acceptors (Lipinski definition) is 2. The first-order chi connectivity index (χ1) is 11.7. The van der Waals surface area contributed by atoms with E-state index < -0.39 is 0 Å². The Hall–Kier alpha value is -2.94. The number of nitrogens with zero attached hydrogens (tertiary/aromatic N) is 3. The number of aryl methyl sites for hydroxylation is 1. The van der Waals surface area contributed by atoms with Crippen molar-refractivity contribution in [3.8, 4) is 0 Å². The zero-order chi connectivity index (χ0) is 16.8. The van der Waals surface area contributed by atoms with Gasteiger partial charge in [0, 0.05) is 17.7 Å². The second kappa shape index (κ2) is 7.55. The third kappa shape index (κ3) is 4.07. The molecule has 0 spiro atoms. The summed E-state index contributed by atoms with van der Waals surface area (Å²) in [5.74, 6) is 0. The molecule has 3 rings (SSSR count). The number of rotatable bonds is 5. The highest BCUT2D eigenvalue weighted by molar-refractivity contribution is 5.98. The van der Waals surface area contributed by atoms with Crippen molar-refractivity contribution >= 4 is 11.4 Å². The van der Waals surface area contributed by atoms with Crippen LogP contribution in [0.1, 0.15) is 18.1 Å². The van der Waals surface area contributed by atoms with E-state index >= 15 is 0 Å². The van der Waals surface area contributed by atoms with E-state index in [-0.39, 0.29) is 0 Å². The van der Waals surface area contributed by atoms with Gasteiger partial charge in [-0.15, -0.1) is 0 Å². The summed E-state index contributed by atoms with van der Waals surface area (Å²) < 4.78 is 2.02. The standard InChI is InChI=1S/C21H22N3/c1-18(20-13-15-23(2)16-14-20)22-24(21-11-7-4-8-12-21)17-19-9-5-3-6-10-19/h3-16H,17H2,1-2H3/q+1. The first kappa shape index (κ1) is 15.9. The summed E-state index contributed by atoms with van der Waals surface area (Å²) in [5.41, 5.74) is 4.44. The highest BCUT2D eigenvalue weighted by Crippen LogP contribution is 2.18. The zero-order valence-corrected chi connectivity index (χ0v) is 14.1. The van der Waals surface area contributed by atoms with Crippen LogP contribution in [0.15, 0.2) is 90.3 Å². The highest BCUT2D eigenvalue weighted by Gasteiger charge is 2.08. The molecule has 3 aromatic rings. The van der Waals surface area contributed by atoms with Crippen LogP contribution >= 0.6 is 0 Å². The molecule has 0 amide bonds. The molecule has 24 heavy (non-hydrogen) atoms. The molecule has 0 aliphatic heterocycles. The van der Waals surface area contributed by atoms with Crippen LogP contribution in [0, 0.1) is 0 Å². The molecule has 2 aromatic carbocycles. The fraction of sp³-hybridized carbons (Fsp3) is 0.143. The predicted octanol–water partition coefficient (Wildman–Crippen LogP) is 3.94. The normalized spacial score (nSPS) is 11.3. The monoisotopic (exact) mass is 316 g/mol. The lowest BCUT2D eigenvalue weighted by Crippen LogP contribution is -2.26. The van der Waals surface area contributed by atoms with Crippen molar-refractivity contribution in [1.82, 2.24) is 0 Å². The minimum absolute atomic E-state index is 0.739. The lowest BCUT2D eigenvalue weighted by Gasteiger charge is -2.20. The van der Waals surface area contributed by atoms with Gasteiger partial charge in [0.15, 0.2) is 12.4 Å². The summed E-state index contributed by atoms with van der Waals surface area (Å²) >= 11 is 0. The summed E-state index contributed by atoms with van der Waals surface area (Å²) in [7, 11) is 2.02. The van der Waals surface area contributed by atoms with Crippen LogP contribution in [0.5, 0.6) is 0 Å². The molecule has 0 radical (unpaired) electrons. The van der Waals surface area contributed by atoms with Gasteiger partial charge in [-0.2, -0.15) is 5.10 Å². The molecule has 0 bridgehead atoms. The minimum Gasteiger partial charge on any atom is -0.261 e. The Morgan fingerprint density at radius 2 is 1.46 bits per heavy atom. The maximum Gasteiger partial charge on any atom is 0.169 e. The zero-order valence-electron chi connectivity index (χ0n) is 14.1. The van der Waals surface area contributed by atoms with E-state index in [4.69, 9.17) is 5.10 Å². The van der Waals surface area contributed by atoms with Crippen molar-refractivity contribution in [3.05, 3.63) is 96.3 Å². The van der Waals surface area contributed by atoms with Crippen molar-refractivity contribution in [1.29, 1.82) is 0 Å². The Labute approximate surface area is 143 Å². The smallest absolute Gasteiger partial charge is 0.169 e. The molecule has 0 saturated carbocycles. The van der Waals surface area contributed by atoms with E-state index in [0.29, 0.717) is 0 Å². The minimum atomic E-state index is 0.739. The Morgan fingerprint density at radius 1 is 0.875 bits per heavy atom. The number of benzene rings is 2. The molecule has 0 unspecified atom stereocenters. The van der Waals surface area contributed by atoms with Crippen LogP contribution in [0.2, 0.25) is 0 Å². The first-order valence-corrected chi connectivity index (χ1v) is 8.10. The van der Waals surface area contributed by atoms with Gasteiger partial charge in [0.1, 0.15) is 7.05 Å². The number of hydrazone groups is 1. The number of aromatic nitrogens is 1. The molecular weight excluding hydrogens is 294 g/mol. The topological polar surface area (TPSA) is 19.5 Å². The average Bonchev–Trinajstić information content (AvgIpc) is 2.63. The van der Waals surface area contributed by atoms with Gasteiger partial charge in [0.05, 0.1) is 17.9 Å². The quantitative estimate of drug-likeness (QED) is 0.396. The second-order valence-electron chi connectivity index (χ2n) is 5.82. The van der Waals surface area contributed by atoms with Gasteiger partial charge in [-0.3, -0.25) is 5.01 Å². The van der Waals surface area contributed by atoms with Crippen molar-refractivity contribution < 1.29 is 4.57 Å². The fourth-order valence-electron chi connectivity index (χ4n) is 2.52. The largest absolute Gasteiger partial charge is 0.261 e. The molecule has 0 aliphatic rings. The highest BCUT2D eigenvalue weighted by atomic mass is 15.5. The molecule has 0 saturated heterocycles. The summed E-state index contributed by atoms with van der Waals surface area (Å²) in [6.45, 7) is 2.79. The van der Waals surface area contributed by atoms with Crippen LogP contribution in [0.4, 0.5) is 5.69 Å². The Kier molecular flexibility index (Phi) is 5.02. The van der Waals surface area contributed by atoms with E-state index in [2.05, 4.69) is 60.5 Å². The first-order valence-electron chi connectivity index (χ1n) is 8.10. The summed E-state index contributed by atoms with van der Waals surface area (Å²) in [6, 6.07) is 24.9. The Balaban J connectivity index is 1.92. The van der Waals surface area contributed by atoms with Crippen LogP contribution in [-0.2, 0) is 13.6 Å². The molecule has 0 atom stereocenters. The predicted molar refractivity (Wildman–Crippen MR) is 98.9 cm³/mol. The summed E-state index contributed by atoms with van der Waals surface area (Å²) in [4.78, 5) is 0. The van der Waals surface area contributed by atoms with Crippen LogP contribution in [0.3, 0.4) is 0 Å². The molecule has 1 heterocycles. The third-order valence-electron chi connectivity index (χ3n) is 3.90. The average molecular weight is 316 g/mol. The fourth-order valence-corrected chi connectivity index (χ4v) is 2.52. The van der Waals surface area contributed by atoms with E-state index in [9.17, 15) is 0 Å². The number of pyridine rings is 1. The number of hydrogen-bond donors (Lipinski definition) is 0. The lowest BCUT2D eigenvalue weighted by atomic mass is 10.2. The van der Waals surface area contributed by atoms with Crippen molar-refractivity contribution in [3.63, 3.8) is 0 Å². The number of para-hydroxylation sites is 1.